The summed E-state index contributed by atoms with van der Waals surface area (Å²) in [7, 11) is 2.15. The molecule has 1 aromatic rings. The Kier molecular flexibility index (Phi) is 10.9. The van der Waals surface area contributed by atoms with Gasteiger partial charge in [-0.15, -0.1) is 0 Å². The van der Waals surface area contributed by atoms with Gasteiger partial charge in [-0.05, 0) is 37.7 Å². The molecule has 1 aliphatic heterocycles. The average molecular weight is 349 g/mol. The number of nitrogens with one attached hydrogen (secondary N) is 2. The van der Waals surface area contributed by atoms with Crippen molar-refractivity contribution < 1.29 is 4.79 Å². The van der Waals surface area contributed by atoms with Crippen molar-refractivity contribution in [1.29, 1.82) is 0 Å². The third-order valence-corrected chi connectivity index (χ3v) is 4.36. The Morgan fingerprint density at radius 1 is 1.00 bits per heavy atom. The van der Waals surface area contributed by atoms with Gasteiger partial charge in [0.1, 0.15) is 0 Å². The summed E-state index contributed by atoms with van der Waals surface area (Å²) in [5.41, 5.74) is 7.68. The minimum absolute atomic E-state index is 0.0644. The van der Waals surface area contributed by atoms with Gasteiger partial charge in [-0.2, -0.15) is 0 Å². The molecule has 0 aliphatic carbocycles. The number of rotatable bonds is 8. The molecule has 5 heteroatoms. The number of carbonyl (C=O) groups excluding carboxylic acids is 1. The van der Waals surface area contributed by atoms with Crippen LogP contribution in [0.15, 0.2) is 24.3 Å². The Labute approximate surface area is 153 Å². The summed E-state index contributed by atoms with van der Waals surface area (Å²) in [6, 6.07) is 7.90. The Bertz CT molecular complexity index is 467. The van der Waals surface area contributed by atoms with Crippen molar-refractivity contribution in [2.75, 3.05) is 44.7 Å². The van der Waals surface area contributed by atoms with Crippen molar-refractivity contribution >= 4 is 11.6 Å². The Morgan fingerprint density at radius 2 is 1.64 bits per heavy atom. The van der Waals surface area contributed by atoms with E-state index >= 15 is 0 Å². The monoisotopic (exact) mass is 348 g/mol. The molecule has 0 atom stereocenters. The molecule has 0 aromatic heterocycles. The van der Waals surface area contributed by atoms with Gasteiger partial charge >= 0.3 is 0 Å². The molecule has 1 aliphatic rings. The van der Waals surface area contributed by atoms with E-state index in [1.165, 1.54) is 24.9 Å². The molecule has 0 spiro atoms. The number of piperazine rings is 1. The molecule has 1 heterocycles. The van der Waals surface area contributed by atoms with E-state index in [1.807, 2.05) is 38.1 Å². The smallest absolute Gasteiger partial charge is 0.265 e. The average Bonchev–Trinajstić information content (AvgIpc) is 2.67. The third-order valence-electron chi connectivity index (χ3n) is 4.36. The number of carbonyl (C=O) groups is 1. The van der Waals surface area contributed by atoms with E-state index in [0.717, 1.165) is 39.1 Å². The number of hydrogen-bond donors (Lipinski definition) is 2. The zero-order valence-electron chi connectivity index (χ0n) is 16.5. The normalized spacial score (nSPS) is 14.6. The van der Waals surface area contributed by atoms with Crippen LogP contribution < -0.4 is 15.8 Å². The maximum absolute atomic E-state index is 12.1. The lowest BCUT2D eigenvalue weighted by atomic mass is 10.1. The van der Waals surface area contributed by atoms with Crippen molar-refractivity contribution in [1.82, 2.24) is 15.8 Å². The number of hydrazine groups is 1. The van der Waals surface area contributed by atoms with E-state index in [2.05, 4.69) is 34.6 Å². The summed E-state index contributed by atoms with van der Waals surface area (Å²) in [6.07, 6.45) is 4.78. The quantitative estimate of drug-likeness (QED) is 0.559. The van der Waals surface area contributed by atoms with Gasteiger partial charge in [0.2, 0.25) is 0 Å². The third kappa shape index (κ3) is 7.88. The van der Waals surface area contributed by atoms with Crippen molar-refractivity contribution in [3.63, 3.8) is 0 Å². The van der Waals surface area contributed by atoms with E-state index in [4.69, 9.17) is 0 Å². The van der Waals surface area contributed by atoms with Gasteiger partial charge in [0.15, 0.2) is 0 Å². The number of hydrogen-bond acceptors (Lipinski definition) is 4. The first-order chi connectivity index (χ1) is 12.2. The van der Waals surface area contributed by atoms with Crippen molar-refractivity contribution in [2.45, 2.75) is 46.5 Å². The van der Waals surface area contributed by atoms with Crippen molar-refractivity contribution in [2.24, 2.45) is 0 Å². The maximum Gasteiger partial charge on any atom is 0.265 e. The molecule has 0 unspecified atom stereocenters. The fourth-order valence-electron chi connectivity index (χ4n) is 2.74. The van der Waals surface area contributed by atoms with Gasteiger partial charge in [-0.25, -0.2) is 5.43 Å². The second-order valence-electron chi connectivity index (χ2n) is 6.28. The molecular formula is C20H36N4O. The highest BCUT2D eigenvalue weighted by molar-refractivity contribution is 5.94. The zero-order chi connectivity index (χ0) is 18.5. The molecular weight excluding hydrogens is 312 g/mol. The lowest BCUT2D eigenvalue weighted by Gasteiger charge is -2.34. The standard InChI is InChI=1S/C18H30N4O.C2H6/c1-3-4-5-6-11-19-20-18(23)16-7-9-17(10-8-16)22-14-12-21(2)13-15-22;1-2/h7-10,19H,3-6,11-15H2,1-2H3,(H,20,23);1-2H3. The molecule has 0 bridgehead atoms. The molecule has 1 saturated heterocycles. The summed E-state index contributed by atoms with van der Waals surface area (Å²) in [6.45, 7) is 11.3. The summed E-state index contributed by atoms with van der Waals surface area (Å²) in [5, 5.41) is 0. The highest BCUT2D eigenvalue weighted by Gasteiger charge is 2.14. The van der Waals surface area contributed by atoms with Crippen LogP contribution in [-0.4, -0.2) is 50.6 Å². The van der Waals surface area contributed by atoms with Gasteiger partial charge in [0.25, 0.3) is 5.91 Å². The number of nitrogens with zero attached hydrogens (tertiary/aromatic N) is 2. The fourth-order valence-corrected chi connectivity index (χ4v) is 2.74. The van der Waals surface area contributed by atoms with Crippen LogP contribution in [0.2, 0.25) is 0 Å². The van der Waals surface area contributed by atoms with Gasteiger partial charge in [-0.1, -0.05) is 40.0 Å². The first-order valence-corrected chi connectivity index (χ1v) is 9.77. The van der Waals surface area contributed by atoms with E-state index < -0.39 is 0 Å². The van der Waals surface area contributed by atoms with Crippen LogP contribution in [0.25, 0.3) is 0 Å². The predicted molar refractivity (Wildman–Crippen MR) is 107 cm³/mol. The van der Waals surface area contributed by atoms with Crippen LogP contribution in [-0.2, 0) is 0 Å². The zero-order valence-corrected chi connectivity index (χ0v) is 16.5. The molecule has 1 aromatic carbocycles. The van der Waals surface area contributed by atoms with Crippen LogP contribution in [0, 0.1) is 0 Å². The maximum atomic E-state index is 12.1. The Balaban J connectivity index is 0.00000151. The molecule has 2 rings (SSSR count). The van der Waals surface area contributed by atoms with Gasteiger partial charge in [0, 0.05) is 44.0 Å². The molecule has 142 valence electrons. The Morgan fingerprint density at radius 3 is 2.24 bits per heavy atom. The molecule has 2 N–H and O–H groups in total. The van der Waals surface area contributed by atoms with E-state index in [9.17, 15) is 4.79 Å². The van der Waals surface area contributed by atoms with Crippen LogP contribution in [0.1, 0.15) is 56.8 Å². The van der Waals surface area contributed by atoms with E-state index in [0.29, 0.717) is 5.56 Å². The number of benzene rings is 1. The van der Waals surface area contributed by atoms with Crippen LogP contribution in [0.3, 0.4) is 0 Å². The summed E-state index contributed by atoms with van der Waals surface area (Å²) >= 11 is 0. The molecule has 0 radical (unpaired) electrons. The largest absolute Gasteiger partial charge is 0.369 e. The molecule has 5 nitrogen and oxygen atoms in total. The van der Waals surface area contributed by atoms with E-state index in [1.54, 1.807) is 0 Å². The molecule has 25 heavy (non-hydrogen) atoms. The minimum atomic E-state index is -0.0644. The Hall–Kier alpha value is -1.59. The van der Waals surface area contributed by atoms with E-state index in [-0.39, 0.29) is 5.91 Å². The SMILES string of the molecule is CC.CCCCCCNNC(=O)c1ccc(N2CCN(C)CC2)cc1. The topological polar surface area (TPSA) is 47.6 Å². The van der Waals surface area contributed by atoms with Crippen LogP contribution in [0.4, 0.5) is 5.69 Å². The number of unbranched alkanes of at least 4 members (excludes halogenated alkanes) is 3. The number of amides is 1. The first-order valence-electron chi connectivity index (χ1n) is 9.77. The van der Waals surface area contributed by atoms with Gasteiger partial charge in [0.05, 0.1) is 0 Å². The molecule has 0 saturated carbocycles. The molecule has 1 fully saturated rings. The lowest BCUT2D eigenvalue weighted by molar-refractivity contribution is 0.0933. The number of likely N-dealkylation sites (N-methyl/N-ethyl adjacent to an activating group) is 1. The van der Waals surface area contributed by atoms with Crippen molar-refractivity contribution in [3.05, 3.63) is 29.8 Å². The lowest BCUT2D eigenvalue weighted by Crippen LogP contribution is -2.44. The highest BCUT2D eigenvalue weighted by atomic mass is 16.2. The van der Waals surface area contributed by atoms with Crippen LogP contribution in [0.5, 0.6) is 0 Å². The van der Waals surface area contributed by atoms with Gasteiger partial charge in [-0.3, -0.25) is 10.2 Å². The fraction of sp³-hybridized carbons (Fsp3) is 0.650. The first kappa shape index (κ1) is 21.5. The second-order valence-corrected chi connectivity index (χ2v) is 6.28. The van der Waals surface area contributed by atoms with Gasteiger partial charge < -0.3 is 9.80 Å². The highest BCUT2D eigenvalue weighted by Crippen LogP contribution is 2.16. The van der Waals surface area contributed by atoms with Crippen molar-refractivity contribution in [3.8, 4) is 0 Å². The second kappa shape index (κ2) is 12.7. The molecule has 1 amide bonds. The van der Waals surface area contributed by atoms with Crippen LogP contribution >= 0.6 is 0 Å². The minimum Gasteiger partial charge on any atom is -0.369 e. The summed E-state index contributed by atoms with van der Waals surface area (Å²) < 4.78 is 0. The summed E-state index contributed by atoms with van der Waals surface area (Å²) in [4.78, 5) is 16.8. The summed E-state index contributed by atoms with van der Waals surface area (Å²) in [5.74, 6) is -0.0644. The predicted octanol–water partition coefficient (Wildman–Crippen LogP) is 3.28. The number of anilines is 1.